The van der Waals surface area contributed by atoms with Crippen LogP contribution in [0.4, 0.5) is 0 Å². The summed E-state index contributed by atoms with van der Waals surface area (Å²) in [6, 6.07) is 17.6. The summed E-state index contributed by atoms with van der Waals surface area (Å²) in [6.45, 7) is 8.61. The van der Waals surface area contributed by atoms with Crippen LogP contribution < -0.4 is 0 Å². The largest absolute Gasteiger partial charge is 0.508 e. The van der Waals surface area contributed by atoms with Crippen LogP contribution in [0.5, 0.6) is 34.5 Å². The quantitative estimate of drug-likeness (QED) is 0.260. The summed E-state index contributed by atoms with van der Waals surface area (Å²) in [7, 11) is 0. The first-order valence-electron chi connectivity index (χ1n) is 10.1. The van der Waals surface area contributed by atoms with Crippen molar-refractivity contribution in [2.24, 2.45) is 0 Å². The number of unbranched alkanes of at least 4 members (excludes halogenated alkanes) is 1. The van der Waals surface area contributed by atoms with E-state index >= 15 is 0 Å². The molecule has 6 nitrogen and oxygen atoms in total. The molecule has 172 valence electrons. The Kier molecular flexibility index (Phi) is 18.9. The van der Waals surface area contributed by atoms with Crippen molar-refractivity contribution in [2.45, 2.75) is 47.0 Å². The minimum atomic E-state index is 0.0880. The molecule has 0 heterocycles. The van der Waals surface area contributed by atoms with Gasteiger partial charge < -0.3 is 30.6 Å². The molecule has 0 aliphatic carbocycles. The molecule has 3 aromatic carbocycles. The van der Waals surface area contributed by atoms with Crippen LogP contribution in [-0.2, 0) is 0 Å². The smallest absolute Gasteiger partial charge is 0.119 e. The van der Waals surface area contributed by atoms with Gasteiger partial charge in [0, 0.05) is 18.2 Å². The van der Waals surface area contributed by atoms with Crippen molar-refractivity contribution in [3.63, 3.8) is 0 Å². The second kappa shape index (κ2) is 19.8. The fraction of sp³-hybridized carbons (Fsp3) is 0.280. The van der Waals surface area contributed by atoms with Gasteiger partial charge >= 0.3 is 0 Å². The number of phenols is 6. The van der Waals surface area contributed by atoms with E-state index in [9.17, 15) is 0 Å². The van der Waals surface area contributed by atoms with Crippen LogP contribution in [0.25, 0.3) is 0 Å². The molecule has 0 saturated carbocycles. The maximum Gasteiger partial charge on any atom is 0.119 e. The van der Waals surface area contributed by atoms with Crippen molar-refractivity contribution >= 4 is 0 Å². The highest BCUT2D eigenvalue weighted by molar-refractivity contribution is 5.31. The molecule has 3 aromatic rings. The molecule has 3 rings (SSSR count). The highest BCUT2D eigenvalue weighted by atomic mass is 16.3. The van der Waals surface area contributed by atoms with Crippen molar-refractivity contribution in [1.82, 2.24) is 0 Å². The van der Waals surface area contributed by atoms with Crippen molar-refractivity contribution in [2.75, 3.05) is 0 Å². The van der Waals surface area contributed by atoms with Crippen LogP contribution in [0, 0.1) is 0 Å². The third-order valence-electron chi connectivity index (χ3n) is 2.99. The molecule has 6 heteroatoms. The molecular weight excluding hydrogens is 396 g/mol. The number of hydrogen-bond donors (Lipinski definition) is 6. The lowest BCUT2D eigenvalue weighted by molar-refractivity contribution is 0.449. The van der Waals surface area contributed by atoms with Gasteiger partial charge in [-0.05, 0) is 36.4 Å². The van der Waals surface area contributed by atoms with Gasteiger partial charge in [-0.3, -0.25) is 0 Å². The summed E-state index contributed by atoms with van der Waals surface area (Å²) >= 11 is 0. The normalized spacial score (nSPS) is 8.52. The van der Waals surface area contributed by atoms with Crippen molar-refractivity contribution in [3.05, 3.63) is 72.8 Å². The van der Waals surface area contributed by atoms with Gasteiger partial charge in [-0.1, -0.05) is 65.2 Å². The summed E-state index contributed by atoms with van der Waals surface area (Å²) in [5, 5.41) is 51.9. The summed E-state index contributed by atoms with van der Waals surface area (Å²) < 4.78 is 0. The molecule has 0 atom stereocenters. The molecule has 0 unspecified atom stereocenters. The number of rotatable bonds is 1. The Hall–Kier alpha value is -3.54. The van der Waals surface area contributed by atoms with Crippen molar-refractivity contribution in [1.29, 1.82) is 0 Å². The number of benzene rings is 3. The van der Waals surface area contributed by atoms with Gasteiger partial charge in [-0.15, -0.1) is 0 Å². The lowest BCUT2D eigenvalue weighted by atomic mass is 10.3. The Bertz CT molecular complexity index is 648. The summed E-state index contributed by atoms with van der Waals surface area (Å²) in [5.41, 5.74) is 0. The van der Waals surface area contributed by atoms with Crippen LogP contribution >= 0.6 is 0 Å². The zero-order chi connectivity index (χ0) is 24.1. The molecule has 6 N–H and O–H groups in total. The second-order valence-corrected chi connectivity index (χ2v) is 6.27. The van der Waals surface area contributed by atoms with E-state index in [1.54, 1.807) is 18.2 Å². The molecule has 0 amide bonds. The zero-order valence-electron chi connectivity index (χ0n) is 18.7. The number of aromatic hydroxyl groups is 6. The van der Waals surface area contributed by atoms with Gasteiger partial charge in [0.2, 0.25) is 0 Å². The van der Waals surface area contributed by atoms with Crippen LogP contribution in [0.1, 0.15) is 47.0 Å². The molecule has 0 bridgehead atoms. The Morgan fingerprint density at radius 1 is 0.419 bits per heavy atom. The summed E-state index contributed by atoms with van der Waals surface area (Å²) in [4.78, 5) is 0. The molecule has 0 fully saturated rings. The second-order valence-electron chi connectivity index (χ2n) is 6.27. The summed E-state index contributed by atoms with van der Waals surface area (Å²) in [6.07, 6.45) is 3.89. The van der Waals surface area contributed by atoms with Crippen LogP contribution in [-0.4, -0.2) is 30.6 Å². The lowest BCUT2D eigenvalue weighted by Crippen LogP contribution is -1.61. The SMILES string of the molecule is CCC.CCCC.Oc1cccc(O)c1.Oc1cccc(O)c1.Oc1cccc(O)c1. The van der Waals surface area contributed by atoms with E-state index in [0.29, 0.717) is 0 Å². The van der Waals surface area contributed by atoms with Gasteiger partial charge in [0.15, 0.2) is 0 Å². The molecule has 31 heavy (non-hydrogen) atoms. The van der Waals surface area contributed by atoms with E-state index in [1.165, 1.54) is 73.9 Å². The van der Waals surface area contributed by atoms with Crippen LogP contribution in [0.2, 0.25) is 0 Å². The molecule has 0 aliphatic heterocycles. The highest BCUT2D eigenvalue weighted by Gasteiger charge is 1.87. The van der Waals surface area contributed by atoms with Gasteiger partial charge in [-0.25, -0.2) is 0 Å². The van der Waals surface area contributed by atoms with Gasteiger partial charge in [0.1, 0.15) is 34.5 Å². The van der Waals surface area contributed by atoms with Gasteiger partial charge in [-0.2, -0.15) is 0 Å². The maximum absolute atomic E-state index is 8.65. The zero-order valence-corrected chi connectivity index (χ0v) is 18.7. The maximum atomic E-state index is 8.65. The molecule has 0 saturated heterocycles. The van der Waals surface area contributed by atoms with E-state index in [2.05, 4.69) is 27.7 Å². The van der Waals surface area contributed by atoms with Crippen LogP contribution in [0.3, 0.4) is 0 Å². The molecule has 0 aromatic heterocycles. The highest BCUT2D eigenvalue weighted by Crippen LogP contribution is 2.16. The number of phenolic OH excluding ortho intramolecular Hbond substituents is 6. The molecule has 0 aliphatic rings. The Labute approximate surface area is 185 Å². The third kappa shape index (κ3) is 21.0. The first-order chi connectivity index (χ1) is 14.7. The first kappa shape index (κ1) is 29.7. The van der Waals surface area contributed by atoms with E-state index in [0.717, 1.165) is 0 Å². The van der Waals surface area contributed by atoms with Crippen LogP contribution in [0.15, 0.2) is 72.8 Å². The van der Waals surface area contributed by atoms with Crippen molar-refractivity contribution in [3.8, 4) is 34.5 Å². The fourth-order valence-electron chi connectivity index (χ4n) is 1.48. The van der Waals surface area contributed by atoms with E-state index in [1.807, 2.05) is 0 Å². The molecule has 0 radical (unpaired) electrons. The number of hydrogen-bond acceptors (Lipinski definition) is 6. The van der Waals surface area contributed by atoms with E-state index < -0.39 is 0 Å². The van der Waals surface area contributed by atoms with E-state index in [-0.39, 0.29) is 34.5 Å². The molecular formula is C25H36O6. The predicted octanol–water partition coefficient (Wildman–Crippen LogP) is 6.52. The summed E-state index contributed by atoms with van der Waals surface area (Å²) in [5.74, 6) is 0.528. The van der Waals surface area contributed by atoms with E-state index in [4.69, 9.17) is 30.6 Å². The monoisotopic (exact) mass is 432 g/mol. The average molecular weight is 433 g/mol. The minimum Gasteiger partial charge on any atom is -0.508 e. The lowest BCUT2D eigenvalue weighted by Gasteiger charge is -1.89. The van der Waals surface area contributed by atoms with Gasteiger partial charge in [0.05, 0.1) is 0 Å². The average Bonchev–Trinajstić information content (AvgIpc) is 2.69. The Morgan fingerprint density at radius 2 is 0.581 bits per heavy atom. The fourth-order valence-corrected chi connectivity index (χ4v) is 1.48. The van der Waals surface area contributed by atoms with Gasteiger partial charge in [0.25, 0.3) is 0 Å². The minimum absolute atomic E-state index is 0.0880. The molecule has 0 spiro atoms. The van der Waals surface area contributed by atoms with Crippen molar-refractivity contribution < 1.29 is 30.6 Å². The standard InChI is InChI=1S/3C6H6O2.C4H10.C3H8/c3*7-5-2-1-3-6(8)4-5;1-3-4-2;1-3-2/h3*1-4,7-8H;3-4H2,1-2H3;3H2,1-2H3. The predicted molar refractivity (Wildman–Crippen MR) is 126 cm³/mol. The first-order valence-corrected chi connectivity index (χ1v) is 10.1. The third-order valence-corrected chi connectivity index (χ3v) is 2.99. The Morgan fingerprint density at radius 3 is 0.645 bits per heavy atom. The topological polar surface area (TPSA) is 121 Å². The Balaban J connectivity index is 0.